The van der Waals surface area contributed by atoms with Crippen molar-refractivity contribution in [3.8, 4) is 0 Å². The molecule has 2 aromatic rings. The standard InChI is InChI=1S/C15H13F2N3O/c16-12-3-4-14(13(17)8-12)20-7-6-19(15(20)21)10-11-2-1-5-18-9-11/h1-5,8-9H,6-7,10H2. The fourth-order valence-corrected chi connectivity index (χ4v) is 2.37. The third-order valence-electron chi connectivity index (χ3n) is 3.39. The number of aromatic nitrogens is 1. The largest absolute Gasteiger partial charge is 0.325 e. The predicted octanol–water partition coefficient (Wildman–Crippen LogP) is 2.80. The number of carbonyl (C=O) groups is 1. The highest BCUT2D eigenvalue weighted by Crippen LogP contribution is 2.25. The van der Waals surface area contributed by atoms with Crippen molar-refractivity contribution in [3.63, 3.8) is 0 Å². The van der Waals surface area contributed by atoms with Gasteiger partial charge < -0.3 is 4.90 Å². The first-order chi connectivity index (χ1) is 10.1. The summed E-state index contributed by atoms with van der Waals surface area (Å²) < 4.78 is 26.7. The Morgan fingerprint density at radius 2 is 2.05 bits per heavy atom. The molecule has 2 heterocycles. The smallest absolute Gasteiger partial charge is 0.318 e. The molecule has 6 heteroatoms. The number of urea groups is 1. The Labute approximate surface area is 120 Å². The second kappa shape index (κ2) is 5.47. The molecule has 0 bridgehead atoms. The molecule has 0 spiro atoms. The number of hydrogen-bond acceptors (Lipinski definition) is 2. The normalized spacial score (nSPS) is 14.9. The van der Waals surface area contributed by atoms with Crippen molar-refractivity contribution in [3.05, 3.63) is 59.9 Å². The van der Waals surface area contributed by atoms with E-state index < -0.39 is 11.6 Å². The van der Waals surface area contributed by atoms with Gasteiger partial charge in [0.15, 0.2) is 0 Å². The van der Waals surface area contributed by atoms with Crippen LogP contribution in [-0.4, -0.2) is 29.0 Å². The van der Waals surface area contributed by atoms with E-state index in [1.165, 1.54) is 11.0 Å². The van der Waals surface area contributed by atoms with Gasteiger partial charge in [-0.05, 0) is 23.8 Å². The van der Waals surface area contributed by atoms with Crippen molar-refractivity contribution in [2.45, 2.75) is 6.54 Å². The first-order valence-electron chi connectivity index (χ1n) is 6.55. The number of nitrogens with zero attached hydrogens (tertiary/aromatic N) is 3. The molecule has 0 radical (unpaired) electrons. The third-order valence-corrected chi connectivity index (χ3v) is 3.39. The van der Waals surface area contributed by atoms with Crippen molar-refractivity contribution in [1.82, 2.24) is 9.88 Å². The molecule has 108 valence electrons. The molecule has 4 nitrogen and oxygen atoms in total. The predicted molar refractivity (Wildman–Crippen MR) is 73.7 cm³/mol. The quantitative estimate of drug-likeness (QED) is 0.871. The minimum Gasteiger partial charge on any atom is -0.318 e. The summed E-state index contributed by atoms with van der Waals surface area (Å²) in [5.74, 6) is -1.39. The molecule has 0 saturated carbocycles. The topological polar surface area (TPSA) is 36.4 Å². The molecule has 21 heavy (non-hydrogen) atoms. The summed E-state index contributed by atoms with van der Waals surface area (Å²) in [6.45, 7) is 1.29. The van der Waals surface area contributed by atoms with Crippen LogP contribution in [0.5, 0.6) is 0 Å². The average Bonchev–Trinajstić information content (AvgIpc) is 2.82. The van der Waals surface area contributed by atoms with Crippen LogP contribution in [0.3, 0.4) is 0 Å². The summed E-state index contributed by atoms with van der Waals surface area (Å²) in [7, 11) is 0. The van der Waals surface area contributed by atoms with E-state index in [9.17, 15) is 13.6 Å². The maximum atomic E-state index is 13.8. The first-order valence-corrected chi connectivity index (χ1v) is 6.55. The van der Waals surface area contributed by atoms with Crippen molar-refractivity contribution in [2.75, 3.05) is 18.0 Å². The summed E-state index contributed by atoms with van der Waals surface area (Å²) in [6.07, 6.45) is 3.35. The second-order valence-electron chi connectivity index (χ2n) is 4.81. The summed E-state index contributed by atoms with van der Waals surface area (Å²) >= 11 is 0. The van der Waals surface area contributed by atoms with Gasteiger partial charge in [0.2, 0.25) is 0 Å². The minimum atomic E-state index is -0.730. The van der Waals surface area contributed by atoms with E-state index in [2.05, 4.69) is 4.98 Å². The average molecular weight is 289 g/mol. The molecule has 0 unspecified atom stereocenters. The highest BCUT2D eigenvalue weighted by atomic mass is 19.1. The van der Waals surface area contributed by atoms with Crippen molar-refractivity contribution in [1.29, 1.82) is 0 Å². The van der Waals surface area contributed by atoms with E-state index in [0.717, 1.165) is 17.7 Å². The molecule has 1 aliphatic rings. The van der Waals surface area contributed by atoms with Crippen molar-refractivity contribution >= 4 is 11.7 Å². The zero-order chi connectivity index (χ0) is 14.8. The van der Waals surface area contributed by atoms with E-state index in [1.807, 2.05) is 6.07 Å². The monoisotopic (exact) mass is 289 g/mol. The lowest BCUT2D eigenvalue weighted by Crippen LogP contribution is -2.32. The molecule has 0 N–H and O–H groups in total. The Hall–Kier alpha value is -2.50. The lowest BCUT2D eigenvalue weighted by Gasteiger charge is -2.19. The SMILES string of the molecule is O=C1N(Cc2cccnc2)CCN1c1ccc(F)cc1F. The lowest BCUT2D eigenvalue weighted by molar-refractivity contribution is 0.218. The number of benzene rings is 1. The zero-order valence-corrected chi connectivity index (χ0v) is 11.2. The van der Waals surface area contributed by atoms with Crippen LogP contribution in [0.4, 0.5) is 19.3 Å². The van der Waals surface area contributed by atoms with Gasteiger partial charge in [0.1, 0.15) is 11.6 Å². The number of halogens is 2. The Kier molecular flexibility index (Phi) is 3.51. The molecule has 1 aromatic carbocycles. The fourth-order valence-electron chi connectivity index (χ4n) is 2.37. The molecular weight excluding hydrogens is 276 g/mol. The number of amides is 2. The van der Waals surface area contributed by atoms with Gasteiger partial charge in [-0.15, -0.1) is 0 Å². The van der Waals surface area contributed by atoms with Crippen LogP contribution in [0.25, 0.3) is 0 Å². The van der Waals surface area contributed by atoms with Crippen molar-refractivity contribution < 1.29 is 13.6 Å². The summed E-state index contributed by atoms with van der Waals surface area (Å²) in [5.41, 5.74) is 1.02. The zero-order valence-electron chi connectivity index (χ0n) is 11.2. The van der Waals surface area contributed by atoms with E-state index in [1.54, 1.807) is 23.4 Å². The summed E-state index contributed by atoms with van der Waals surface area (Å²) in [6, 6.07) is 6.61. The van der Waals surface area contributed by atoms with E-state index in [0.29, 0.717) is 19.6 Å². The van der Waals surface area contributed by atoms with E-state index in [4.69, 9.17) is 0 Å². The highest BCUT2D eigenvalue weighted by molar-refractivity contribution is 5.94. The number of anilines is 1. The van der Waals surface area contributed by atoms with Crippen LogP contribution in [0, 0.1) is 11.6 Å². The molecule has 1 aliphatic heterocycles. The molecule has 1 saturated heterocycles. The molecule has 0 atom stereocenters. The van der Waals surface area contributed by atoms with Crippen LogP contribution in [0.2, 0.25) is 0 Å². The Balaban J connectivity index is 1.77. The van der Waals surface area contributed by atoms with Gasteiger partial charge in [-0.1, -0.05) is 6.07 Å². The van der Waals surface area contributed by atoms with Crippen LogP contribution in [-0.2, 0) is 6.54 Å². The van der Waals surface area contributed by atoms with E-state index in [-0.39, 0.29) is 11.7 Å². The van der Waals surface area contributed by atoms with Gasteiger partial charge in [-0.3, -0.25) is 9.88 Å². The fraction of sp³-hybridized carbons (Fsp3) is 0.200. The molecular formula is C15H13F2N3O. The Morgan fingerprint density at radius 1 is 1.19 bits per heavy atom. The first kappa shape index (κ1) is 13.5. The Bertz CT molecular complexity index is 663. The van der Waals surface area contributed by atoms with Gasteiger partial charge in [0, 0.05) is 38.1 Å². The highest BCUT2D eigenvalue weighted by Gasteiger charge is 2.31. The number of carbonyl (C=O) groups excluding carboxylic acids is 1. The molecule has 1 fully saturated rings. The minimum absolute atomic E-state index is 0.107. The lowest BCUT2D eigenvalue weighted by atomic mass is 10.2. The molecule has 1 aromatic heterocycles. The van der Waals surface area contributed by atoms with Gasteiger partial charge in [0.25, 0.3) is 0 Å². The van der Waals surface area contributed by atoms with Gasteiger partial charge in [-0.2, -0.15) is 0 Å². The maximum absolute atomic E-state index is 13.8. The van der Waals surface area contributed by atoms with Crippen LogP contribution in [0.15, 0.2) is 42.7 Å². The van der Waals surface area contributed by atoms with Crippen LogP contribution >= 0.6 is 0 Å². The van der Waals surface area contributed by atoms with Crippen LogP contribution < -0.4 is 4.90 Å². The molecule has 0 aliphatic carbocycles. The summed E-state index contributed by atoms with van der Waals surface area (Å²) in [4.78, 5) is 19.3. The number of rotatable bonds is 3. The van der Waals surface area contributed by atoms with Gasteiger partial charge in [0.05, 0.1) is 5.69 Å². The molecule has 2 amide bonds. The Morgan fingerprint density at radius 3 is 2.76 bits per heavy atom. The number of pyridine rings is 1. The van der Waals surface area contributed by atoms with Gasteiger partial charge in [-0.25, -0.2) is 13.6 Å². The summed E-state index contributed by atoms with van der Waals surface area (Å²) in [5, 5.41) is 0. The van der Waals surface area contributed by atoms with Crippen LogP contribution in [0.1, 0.15) is 5.56 Å². The maximum Gasteiger partial charge on any atom is 0.325 e. The second-order valence-corrected chi connectivity index (χ2v) is 4.81. The number of hydrogen-bond donors (Lipinski definition) is 0. The van der Waals surface area contributed by atoms with Gasteiger partial charge >= 0.3 is 6.03 Å². The van der Waals surface area contributed by atoms with E-state index >= 15 is 0 Å². The van der Waals surface area contributed by atoms with Crippen molar-refractivity contribution in [2.24, 2.45) is 0 Å². The third kappa shape index (κ3) is 2.69. The molecule has 3 rings (SSSR count).